The third kappa shape index (κ3) is 32.2. The van der Waals surface area contributed by atoms with E-state index in [1.54, 1.807) is 6.08 Å². The predicted molar refractivity (Wildman–Crippen MR) is 271 cm³/mol. The standard InChI is InChI=1S/C57H96O3S/c1-4-7-10-12-14-16-18-20-22-24-26-28-30-32-34-36-38-48-59-56-47-41-52(40-46-55(58)53-42-44-54(45-43-53)61-50-9-6-3)51-57(56)60-49-39-37-35-33-31-29-27-25-23-21-19-17-15-13-11-8-5-2/h40-47,51H,4-39,48-50H2,1-3H3. The fraction of sp³-hybridized carbons (Fsp3) is 0.737. The Balaban J connectivity index is 1.68. The largest absolute Gasteiger partial charge is 0.490 e. The zero-order valence-electron chi connectivity index (χ0n) is 40.4. The molecule has 348 valence electrons. The number of unbranched alkanes of at least 4 members (excludes halogenated alkanes) is 33. The van der Waals surface area contributed by atoms with E-state index in [1.807, 2.05) is 42.1 Å². The van der Waals surface area contributed by atoms with Gasteiger partial charge in [-0.05, 0) is 73.1 Å². The zero-order chi connectivity index (χ0) is 43.5. The molecule has 0 bridgehead atoms. The normalized spacial score (nSPS) is 11.5. The molecule has 0 heterocycles. The Morgan fingerprint density at radius 3 is 1.18 bits per heavy atom. The number of ketones is 1. The Morgan fingerprint density at radius 2 is 0.787 bits per heavy atom. The van der Waals surface area contributed by atoms with Gasteiger partial charge in [-0.15, -0.1) is 11.8 Å². The van der Waals surface area contributed by atoms with Crippen molar-refractivity contribution < 1.29 is 14.3 Å². The number of allylic oxidation sites excluding steroid dienone is 1. The van der Waals surface area contributed by atoms with Gasteiger partial charge in [-0.1, -0.05) is 245 Å². The van der Waals surface area contributed by atoms with Gasteiger partial charge in [0, 0.05) is 10.5 Å². The molecule has 0 saturated heterocycles. The molecule has 0 N–H and O–H groups in total. The summed E-state index contributed by atoms with van der Waals surface area (Å²) >= 11 is 1.86. The number of ether oxygens (including phenoxy) is 2. The molecule has 0 aliphatic heterocycles. The van der Waals surface area contributed by atoms with Crippen molar-refractivity contribution in [2.45, 2.75) is 257 Å². The van der Waals surface area contributed by atoms with Crippen molar-refractivity contribution in [2.75, 3.05) is 19.0 Å². The van der Waals surface area contributed by atoms with Crippen LogP contribution in [0.2, 0.25) is 0 Å². The number of hydrogen-bond acceptors (Lipinski definition) is 4. The van der Waals surface area contributed by atoms with E-state index in [0.29, 0.717) is 13.2 Å². The molecule has 0 aliphatic carbocycles. The van der Waals surface area contributed by atoms with Crippen LogP contribution >= 0.6 is 11.8 Å². The van der Waals surface area contributed by atoms with Gasteiger partial charge in [0.15, 0.2) is 17.3 Å². The molecule has 0 spiro atoms. The van der Waals surface area contributed by atoms with Crippen molar-refractivity contribution in [3.05, 3.63) is 59.7 Å². The van der Waals surface area contributed by atoms with E-state index in [4.69, 9.17) is 9.47 Å². The molecule has 0 radical (unpaired) electrons. The van der Waals surface area contributed by atoms with Crippen LogP contribution in [0.4, 0.5) is 0 Å². The fourth-order valence-electron chi connectivity index (χ4n) is 8.20. The lowest BCUT2D eigenvalue weighted by Crippen LogP contribution is -2.03. The Morgan fingerprint density at radius 1 is 0.426 bits per heavy atom. The first-order valence-corrected chi connectivity index (χ1v) is 27.5. The summed E-state index contributed by atoms with van der Waals surface area (Å²) in [7, 11) is 0. The molecule has 0 amide bonds. The first kappa shape index (κ1) is 54.9. The molecule has 0 aliphatic rings. The number of thioether (sulfide) groups is 1. The van der Waals surface area contributed by atoms with Gasteiger partial charge in [-0.2, -0.15) is 0 Å². The molecule has 0 aromatic heterocycles. The van der Waals surface area contributed by atoms with E-state index in [0.717, 1.165) is 41.2 Å². The summed E-state index contributed by atoms with van der Waals surface area (Å²) in [6.07, 6.45) is 52.7. The maximum Gasteiger partial charge on any atom is 0.185 e. The van der Waals surface area contributed by atoms with Gasteiger partial charge in [0.1, 0.15) is 0 Å². The average Bonchev–Trinajstić information content (AvgIpc) is 3.28. The van der Waals surface area contributed by atoms with Crippen LogP contribution < -0.4 is 9.47 Å². The lowest BCUT2D eigenvalue weighted by molar-refractivity contribution is 0.104. The van der Waals surface area contributed by atoms with Crippen LogP contribution in [0.3, 0.4) is 0 Å². The molecule has 0 unspecified atom stereocenters. The van der Waals surface area contributed by atoms with Crippen LogP contribution in [0.15, 0.2) is 53.4 Å². The lowest BCUT2D eigenvalue weighted by Gasteiger charge is -2.14. The second-order valence-corrected chi connectivity index (χ2v) is 19.3. The minimum Gasteiger partial charge on any atom is -0.490 e. The first-order chi connectivity index (χ1) is 30.2. The SMILES string of the molecule is CCCCCCCCCCCCCCCCCCCOc1ccc(C=CC(=O)c2ccc(SCCCC)cc2)cc1OCCCCCCCCCCCCCCCCCCC. The third-order valence-electron chi connectivity index (χ3n) is 12.3. The van der Waals surface area contributed by atoms with Crippen molar-refractivity contribution in [1.82, 2.24) is 0 Å². The van der Waals surface area contributed by atoms with E-state index in [1.165, 1.54) is 223 Å². The lowest BCUT2D eigenvalue weighted by atomic mass is 10.0. The molecule has 0 fully saturated rings. The van der Waals surface area contributed by atoms with Crippen molar-refractivity contribution in [3.8, 4) is 11.5 Å². The van der Waals surface area contributed by atoms with E-state index in [2.05, 4.69) is 39.0 Å². The quantitative estimate of drug-likeness (QED) is 0.0288. The van der Waals surface area contributed by atoms with Gasteiger partial charge in [0.25, 0.3) is 0 Å². The van der Waals surface area contributed by atoms with Crippen LogP contribution in [0.5, 0.6) is 11.5 Å². The number of benzene rings is 2. The predicted octanol–water partition coefficient (Wildman–Crippen LogP) is 19.5. The average molecular weight is 861 g/mol. The van der Waals surface area contributed by atoms with Crippen LogP contribution in [0.25, 0.3) is 6.08 Å². The Hall–Kier alpha value is -2.20. The van der Waals surface area contributed by atoms with E-state index >= 15 is 0 Å². The highest BCUT2D eigenvalue weighted by Gasteiger charge is 2.09. The maximum atomic E-state index is 13.0. The fourth-order valence-corrected chi connectivity index (χ4v) is 9.19. The van der Waals surface area contributed by atoms with Crippen LogP contribution in [-0.4, -0.2) is 24.7 Å². The summed E-state index contributed by atoms with van der Waals surface area (Å²) in [5.41, 5.74) is 1.68. The highest BCUT2D eigenvalue weighted by atomic mass is 32.2. The summed E-state index contributed by atoms with van der Waals surface area (Å²) in [6.45, 7) is 8.23. The van der Waals surface area contributed by atoms with Crippen molar-refractivity contribution in [1.29, 1.82) is 0 Å². The summed E-state index contributed by atoms with van der Waals surface area (Å²) < 4.78 is 12.7. The summed E-state index contributed by atoms with van der Waals surface area (Å²) in [4.78, 5) is 14.3. The highest BCUT2D eigenvalue weighted by molar-refractivity contribution is 7.99. The number of hydrogen-bond donors (Lipinski definition) is 0. The van der Waals surface area contributed by atoms with E-state index in [9.17, 15) is 4.79 Å². The van der Waals surface area contributed by atoms with Gasteiger partial charge < -0.3 is 9.47 Å². The van der Waals surface area contributed by atoms with Gasteiger partial charge in [0.2, 0.25) is 0 Å². The molecule has 2 rings (SSSR count). The summed E-state index contributed by atoms with van der Waals surface area (Å²) in [6, 6.07) is 14.2. The molecule has 2 aromatic rings. The highest BCUT2D eigenvalue weighted by Crippen LogP contribution is 2.30. The van der Waals surface area contributed by atoms with Gasteiger partial charge >= 0.3 is 0 Å². The number of carbonyl (C=O) groups excluding carboxylic acids is 1. The van der Waals surface area contributed by atoms with Gasteiger partial charge in [-0.25, -0.2) is 0 Å². The molecular formula is C57H96O3S. The number of rotatable bonds is 45. The minimum atomic E-state index is 0.0233. The maximum absolute atomic E-state index is 13.0. The topological polar surface area (TPSA) is 35.5 Å². The van der Waals surface area contributed by atoms with Crippen molar-refractivity contribution in [2.24, 2.45) is 0 Å². The Bertz CT molecular complexity index is 1290. The van der Waals surface area contributed by atoms with E-state index in [-0.39, 0.29) is 5.78 Å². The molecule has 61 heavy (non-hydrogen) atoms. The molecule has 0 saturated carbocycles. The van der Waals surface area contributed by atoms with Crippen molar-refractivity contribution >= 4 is 23.6 Å². The zero-order valence-corrected chi connectivity index (χ0v) is 41.2. The number of carbonyl (C=O) groups is 1. The van der Waals surface area contributed by atoms with Crippen LogP contribution in [-0.2, 0) is 0 Å². The van der Waals surface area contributed by atoms with Crippen LogP contribution in [0.1, 0.15) is 268 Å². The van der Waals surface area contributed by atoms with E-state index < -0.39 is 0 Å². The minimum absolute atomic E-state index is 0.0233. The molecule has 0 atom stereocenters. The Kier molecular flexibility index (Phi) is 37.6. The van der Waals surface area contributed by atoms with Crippen molar-refractivity contribution in [3.63, 3.8) is 0 Å². The third-order valence-corrected chi connectivity index (χ3v) is 13.4. The summed E-state index contributed by atoms with van der Waals surface area (Å²) in [5.74, 6) is 2.76. The molecule has 3 nitrogen and oxygen atoms in total. The van der Waals surface area contributed by atoms with Gasteiger partial charge in [0.05, 0.1) is 13.2 Å². The smallest absolute Gasteiger partial charge is 0.185 e. The molecule has 2 aromatic carbocycles. The van der Waals surface area contributed by atoms with Crippen LogP contribution in [0, 0.1) is 0 Å². The monoisotopic (exact) mass is 861 g/mol. The Labute approximate surface area is 383 Å². The molecule has 4 heteroatoms. The second-order valence-electron chi connectivity index (χ2n) is 18.1. The van der Waals surface area contributed by atoms with Gasteiger partial charge in [-0.3, -0.25) is 4.79 Å². The first-order valence-electron chi connectivity index (χ1n) is 26.5. The summed E-state index contributed by atoms with van der Waals surface area (Å²) in [5, 5.41) is 0. The molecular weight excluding hydrogens is 765 g/mol. The second kappa shape index (κ2) is 41.8.